The third kappa shape index (κ3) is 2.41. The predicted octanol–water partition coefficient (Wildman–Crippen LogP) is 3.79. The molecule has 0 N–H and O–H groups in total. The zero-order chi connectivity index (χ0) is 12.4. The van der Waals surface area contributed by atoms with Crippen LogP contribution in [0.5, 0.6) is 0 Å². The third-order valence-electron chi connectivity index (χ3n) is 2.59. The van der Waals surface area contributed by atoms with Crippen LogP contribution in [0, 0.1) is 13.8 Å². The minimum absolute atomic E-state index is 0.876. The van der Waals surface area contributed by atoms with Crippen molar-refractivity contribution in [2.45, 2.75) is 20.8 Å². The van der Waals surface area contributed by atoms with E-state index in [1.165, 1.54) is 5.56 Å². The van der Waals surface area contributed by atoms with Gasteiger partial charge in [0.2, 0.25) is 0 Å². The van der Waals surface area contributed by atoms with E-state index in [1.807, 2.05) is 19.9 Å². The largest absolute Gasteiger partial charge is 0.252 e. The van der Waals surface area contributed by atoms with Gasteiger partial charge < -0.3 is 0 Å². The summed E-state index contributed by atoms with van der Waals surface area (Å²) in [5, 5.41) is 0. The summed E-state index contributed by atoms with van der Waals surface area (Å²) in [7, 11) is 0. The highest BCUT2D eigenvalue weighted by atomic mass is 14.8. The Labute approximate surface area is 102 Å². The van der Waals surface area contributed by atoms with Crippen LogP contribution in [0.1, 0.15) is 23.9 Å². The average molecular weight is 224 g/mol. The Morgan fingerprint density at radius 1 is 1.24 bits per heavy atom. The predicted molar refractivity (Wildman–Crippen MR) is 71.7 cm³/mol. The first kappa shape index (κ1) is 11.5. The second-order valence-corrected chi connectivity index (χ2v) is 4.36. The molecule has 0 saturated heterocycles. The fourth-order valence-corrected chi connectivity index (χ4v) is 1.78. The van der Waals surface area contributed by atoms with Gasteiger partial charge in [-0.05, 0) is 32.4 Å². The van der Waals surface area contributed by atoms with Crippen LogP contribution in [-0.2, 0) is 0 Å². The summed E-state index contributed by atoms with van der Waals surface area (Å²) in [5.74, 6) is 0. The van der Waals surface area contributed by atoms with E-state index >= 15 is 0 Å². The van der Waals surface area contributed by atoms with E-state index in [0.29, 0.717) is 0 Å². The lowest BCUT2D eigenvalue weighted by Gasteiger charge is -2.09. The second-order valence-electron chi connectivity index (χ2n) is 4.36. The maximum absolute atomic E-state index is 4.58. The van der Waals surface area contributed by atoms with Crippen LogP contribution in [0.25, 0.3) is 16.8 Å². The summed E-state index contributed by atoms with van der Waals surface area (Å²) in [6.07, 6.45) is 1.78. The van der Waals surface area contributed by atoms with Gasteiger partial charge in [-0.2, -0.15) is 0 Å². The molecule has 0 bridgehead atoms. The van der Waals surface area contributed by atoms with Crippen LogP contribution < -0.4 is 0 Å². The van der Waals surface area contributed by atoms with Gasteiger partial charge in [0.25, 0.3) is 0 Å². The van der Waals surface area contributed by atoms with Crippen molar-refractivity contribution in [3.8, 4) is 11.3 Å². The normalized spacial score (nSPS) is 10.3. The molecule has 2 heteroatoms. The molecule has 1 aromatic carbocycles. The molecule has 0 radical (unpaired) electrons. The highest BCUT2D eigenvalue weighted by molar-refractivity contribution is 5.74. The van der Waals surface area contributed by atoms with Crippen molar-refractivity contribution in [2.75, 3.05) is 0 Å². The van der Waals surface area contributed by atoms with E-state index in [1.54, 1.807) is 6.20 Å². The molecule has 86 valence electrons. The number of allylic oxidation sites excluding steroid dienone is 1. The number of benzene rings is 1. The molecule has 0 saturated carbocycles. The minimum atomic E-state index is 0.876. The molecule has 0 atom stereocenters. The van der Waals surface area contributed by atoms with Crippen LogP contribution in [0.4, 0.5) is 0 Å². The second kappa shape index (κ2) is 4.50. The maximum atomic E-state index is 4.58. The van der Waals surface area contributed by atoms with Crippen molar-refractivity contribution in [1.29, 1.82) is 0 Å². The molecule has 0 aliphatic rings. The van der Waals surface area contributed by atoms with Crippen LogP contribution in [0.3, 0.4) is 0 Å². The first-order valence-electron chi connectivity index (χ1n) is 5.64. The number of hydrogen-bond donors (Lipinski definition) is 0. The molecule has 2 nitrogen and oxygen atoms in total. The van der Waals surface area contributed by atoms with Crippen LogP contribution >= 0.6 is 0 Å². The van der Waals surface area contributed by atoms with Crippen molar-refractivity contribution in [3.63, 3.8) is 0 Å². The lowest BCUT2D eigenvalue weighted by atomic mass is 10.0. The zero-order valence-corrected chi connectivity index (χ0v) is 10.5. The number of rotatable bonds is 2. The Kier molecular flexibility index (Phi) is 3.05. The van der Waals surface area contributed by atoms with Gasteiger partial charge in [0.1, 0.15) is 0 Å². The molecular formula is C15H16N2. The van der Waals surface area contributed by atoms with Crippen molar-refractivity contribution >= 4 is 5.57 Å². The lowest BCUT2D eigenvalue weighted by molar-refractivity contribution is 1.10. The Morgan fingerprint density at radius 3 is 2.65 bits per heavy atom. The molecule has 2 rings (SSSR count). The van der Waals surface area contributed by atoms with E-state index < -0.39 is 0 Å². The molecule has 0 unspecified atom stereocenters. The standard InChI is InChI=1S/C15H16N2/c1-10(2)14-15(17-12(4)9-16-14)13-7-5-6-11(3)8-13/h5-9H,1H2,2-4H3. The van der Waals surface area contributed by atoms with Gasteiger partial charge in [-0.1, -0.05) is 30.3 Å². The molecule has 1 heterocycles. The van der Waals surface area contributed by atoms with Gasteiger partial charge in [0, 0.05) is 11.8 Å². The number of aryl methyl sites for hydroxylation is 2. The molecule has 0 spiro atoms. The molecule has 17 heavy (non-hydrogen) atoms. The van der Waals surface area contributed by atoms with E-state index in [-0.39, 0.29) is 0 Å². The van der Waals surface area contributed by atoms with Gasteiger partial charge in [0.15, 0.2) is 0 Å². The summed E-state index contributed by atoms with van der Waals surface area (Å²) in [6.45, 7) is 9.95. The zero-order valence-electron chi connectivity index (χ0n) is 10.5. The highest BCUT2D eigenvalue weighted by Gasteiger charge is 2.09. The Bertz CT molecular complexity index is 571. The van der Waals surface area contributed by atoms with Crippen molar-refractivity contribution in [1.82, 2.24) is 9.97 Å². The Hall–Kier alpha value is -1.96. The van der Waals surface area contributed by atoms with Gasteiger partial charge in [-0.3, -0.25) is 4.98 Å². The van der Waals surface area contributed by atoms with Crippen LogP contribution in [0.15, 0.2) is 37.0 Å². The fourth-order valence-electron chi connectivity index (χ4n) is 1.78. The Balaban J connectivity index is 2.65. The SMILES string of the molecule is C=C(C)c1ncc(C)nc1-c1cccc(C)c1. The van der Waals surface area contributed by atoms with Crippen LogP contribution in [0.2, 0.25) is 0 Å². The molecule has 0 amide bonds. The van der Waals surface area contributed by atoms with E-state index in [2.05, 4.69) is 41.7 Å². The number of hydrogen-bond acceptors (Lipinski definition) is 2. The first-order chi connectivity index (χ1) is 8.08. The van der Waals surface area contributed by atoms with E-state index in [9.17, 15) is 0 Å². The molecular weight excluding hydrogens is 208 g/mol. The lowest BCUT2D eigenvalue weighted by Crippen LogP contribution is -1.97. The van der Waals surface area contributed by atoms with Gasteiger partial charge in [0.05, 0.1) is 17.1 Å². The summed E-state index contributed by atoms with van der Waals surface area (Å²) in [5.41, 5.74) is 5.97. The number of nitrogens with zero attached hydrogens (tertiary/aromatic N) is 2. The molecule has 0 aliphatic heterocycles. The van der Waals surface area contributed by atoms with Gasteiger partial charge in [-0.15, -0.1) is 0 Å². The van der Waals surface area contributed by atoms with E-state index in [0.717, 1.165) is 28.2 Å². The third-order valence-corrected chi connectivity index (χ3v) is 2.59. The van der Waals surface area contributed by atoms with Crippen molar-refractivity contribution in [2.24, 2.45) is 0 Å². The Morgan fingerprint density at radius 2 is 2.00 bits per heavy atom. The fraction of sp³-hybridized carbons (Fsp3) is 0.200. The van der Waals surface area contributed by atoms with Gasteiger partial charge >= 0.3 is 0 Å². The quantitative estimate of drug-likeness (QED) is 0.775. The van der Waals surface area contributed by atoms with Crippen molar-refractivity contribution in [3.05, 3.63) is 54.0 Å². The summed E-state index contributed by atoms with van der Waals surface area (Å²) in [4.78, 5) is 9.00. The maximum Gasteiger partial charge on any atom is 0.0964 e. The van der Waals surface area contributed by atoms with Crippen LogP contribution in [-0.4, -0.2) is 9.97 Å². The van der Waals surface area contributed by atoms with Gasteiger partial charge in [-0.25, -0.2) is 4.98 Å². The van der Waals surface area contributed by atoms with E-state index in [4.69, 9.17) is 0 Å². The average Bonchev–Trinajstić information content (AvgIpc) is 2.28. The molecule has 0 fully saturated rings. The summed E-state index contributed by atoms with van der Waals surface area (Å²) in [6, 6.07) is 8.29. The minimum Gasteiger partial charge on any atom is -0.252 e. The molecule has 1 aromatic heterocycles. The summed E-state index contributed by atoms with van der Waals surface area (Å²) >= 11 is 0. The summed E-state index contributed by atoms with van der Waals surface area (Å²) < 4.78 is 0. The first-order valence-corrected chi connectivity index (χ1v) is 5.64. The monoisotopic (exact) mass is 224 g/mol. The highest BCUT2D eigenvalue weighted by Crippen LogP contribution is 2.25. The van der Waals surface area contributed by atoms with Crippen molar-refractivity contribution < 1.29 is 0 Å². The topological polar surface area (TPSA) is 25.8 Å². The number of aromatic nitrogens is 2. The molecule has 0 aliphatic carbocycles. The molecule has 2 aromatic rings. The smallest absolute Gasteiger partial charge is 0.0964 e.